The van der Waals surface area contributed by atoms with Crippen molar-refractivity contribution in [1.82, 2.24) is 0 Å². The van der Waals surface area contributed by atoms with E-state index >= 15 is 0 Å². The van der Waals surface area contributed by atoms with Crippen LogP contribution in [-0.2, 0) is 15.9 Å². The van der Waals surface area contributed by atoms with E-state index in [0.717, 1.165) is 29.8 Å². The van der Waals surface area contributed by atoms with Crippen molar-refractivity contribution in [3.05, 3.63) is 46.3 Å². The van der Waals surface area contributed by atoms with Crippen molar-refractivity contribution < 1.29 is 19.1 Å². The van der Waals surface area contributed by atoms with Gasteiger partial charge in [0, 0.05) is 10.6 Å². The summed E-state index contributed by atoms with van der Waals surface area (Å²) in [5, 5.41) is 7.07. The molecule has 0 aliphatic carbocycles. The number of ether oxygens (including phenoxy) is 2. The standard InChI is InChI=1S/C20H24N2O4S2/c1-4-6-11-26-18(23)13-7-9-14(10-8-13)21-20(27)22-17-16(19(24)25-3)12-15(5-2)28-17/h7-10,12H,4-6,11H2,1-3H3,(H2,21,22,27). The van der Waals surface area contributed by atoms with Crippen molar-refractivity contribution in [2.24, 2.45) is 0 Å². The van der Waals surface area contributed by atoms with Crippen LogP contribution in [0.4, 0.5) is 10.7 Å². The minimum atomic E-state index is -0.410. The molecule has 0 spiro atoms. The summed E-state index contributed by atoms with van der Waals surface area (Å²) in [4.78, 5) is 24.9. The molecule has 6 nitrogen and oxygen atoms in total. The van der Waals surface area contributed by atoms with E-state index in [9.17, 15) is 9.59 Å². The van der Waals surface area contributed by atoms with Crippen LogP contribution in [0.1, 0.15) is 52.3 Å². The van der Waals surface area contributed by atoms with E-state index in [0.29, 0.717) is 27.8 Å². The maximum atomic E-state index is 11.9. The van der Waals surface area contributed by atoms with Gasteiger partial charge in [-0.2, -0.15) is 0 Å². The van der Waals surface area contributed by atoms with Gasteiger partial charge in [-0.15, -0.1) is 11.3 Å². The predicted molar refractivity (Wildman–Crippen MR) is 117 cm³/mol. The molecule has 0 saturated heterocycles. The molecule has 2 rings (SSSR count). The summed E-state index contributed by atoms with van der Waals surface area (Å²) in [5.74, 6) is -0.749. The SMILES string of the molecule is CCCCOC(=O)c1ccc(NC(=S)Nc2sc(CC)cc2C(=O)OC)cc1. The summed E-state index contributed by atoms with van der Waals surface area (Å²) in [6, 6.07) is 8.66. The van der Waals surface area contributed by atoms with Crippen LogP contribution in [0.2, 0.25) is 0 Å². The highest BCUT2D eigenvalue weighted by atomic mass is 32.1. The Hall–Kier alpha value is -2.45. The number of esters is 2. The fraction of sp³-hybridized carbons (Fsp3) is 0.350. The van der Waals surface area contributed by atoms with Crippen LogP contribution in [0.15, 0.2) is 30.3 Å². The molecule has 1 heterocycles. The lowest BCUT2D eigenvalue weighted by atomic mass is 10.2. The van der Waals surface area contributed by atoms with Gasteiger partial charge in [0.2, 0.25) is 0 Å². The maximum Gasteiger partial charge on any atom is 0.340 e. The van der Waals surface area contributed by atoms with Crippen LogP contribution in [0.25, 0.3) is 0 Å². The molecular formula is C20H24N2O4S2. The highest BCUT2D eigenvalue weighted by molar-refractivity contribution is 7.80. The quantitative estimate of drug-likeness (QED) is 0.359. The molecule has 0 unspecified atom stereocenters. The normalized spacial score (nSPS) is 10.2. The van der Waals surface area contributed by atoms with Crippen molar-refractivity contribution >= 4 is 51.3 Å². The van der Waals surface area contributed by atoms with E-state index in [-0.39, 0.29) is 5.97 Å². The molecule has 0 atom stereocenters. The Balaban J connectivity index is 1.99. The van der Waals surface area contributed by atoms with Gasteiger partial charge in [0.15, 0.2) is 5.11 Å². The Kier molecular flexibility index (Phi) is 8.41. The second-order valence-corrected chi connectivity index (χ2v) is 7.49. The van der Waals surface area contributed by atoms with Crippen LogP contribution < -0.4 is 10.6 Å². The lowest BCUT2D eigenvalue weighted by Gasteiger charge is -2.11. The average Bonchev–Trinajstić information content (AvgIpc) is 3.10. The summed E-state index contributed by atoms with van der Waals surface area (Å²) < 4.78 is 10.0. The fourth-order valence-corrected chi connectivity index (χ4v) is 3.59. The first-order chi connectivity index (χ1) is 13.5. The molecule has 2 aromatic rings. The van der Waals surface area contributed by atoms with E-state index in [4.69, 9.17) is 21.7 Å². The molecule has 1 aromatic carbocycles. The molecule has 8 heteroatoms. The number of methoxy groups -OCH3 is 1. The van der Waals surface area contributed by atoms with E-state index in [2.05, 4.69) is 10.6 Å². The number of thiocarbonyl (C=S) groups is 1. The lowest BCUT2D eigenvalue weighted by molar-refractivity contribution is 0.0499. The zero-order chi connectivity index (χ0) is 20.5. The van der Waals surface area contributed by atoms with Gasteiger partial charge in [0.25, 0.3) is 0 Å². The van der Waals surface area contributed by atoms with Crippen LogP contribution >= 0.6 is 23.6 Å². The van der Waals surface area contributed by atoms with E-state index in [1.807, 2.05) is 13.8 Å². The molecule has 2 N–H and O–H groups in total. The maximum absolute atomic E-state index is 11.9. The molecule has 28 heavy (non-hydrogen) atoms. The van der Waals surface area contributed by atoms with E-state index < -0.39 is 5.97 Å². The minimum absolute atomic E-state index is 0.339. The summed E-state index contributed by atoms with van der Waals surface area (Å²) in [6.07, 6.45) is 2.63. The molecule has 0 radical (unpaired) electrons. The van der Waals surface area contributed by atoms with Crippen LogP contribution in [0, 0.1) is 0 Å². The summed E-state index contributed by atoms with van der Waals surface area (Å²) in [7, 11) is 1.35. The lowest BCUT2D eigenvalue weighted by Crippen LogP contribution is -2.20. The number of carbonyl (C=O) groups excluding carboxylic acids is 2. The van der Waals surface area contributed by atoms with Gasteiger partial charge in [-0.25, -0.2) is 9.59 Å². The first-order valence-electron chi connectivity index (χ1n) is 9.04. The van der Waals surface area contributed by atoms with Crippen molar-refractivity contribution in [3.8, 4) is 0 Å². The molecule has 0 aliphatic heterocycles. The van der Waals surface area contributed by atoms with Gasteiger partial charge in [-0.3, -0.25) is 0 Å². The topological polar surface area (TPSA) is 76.7 Å². The summed E-state index contributed by atoms with van der Waals surface area (Å²) in [6.45, 7) is 4.48. The molecule has 0 saturated carbocycles. The zero-order valence-electron chi connectivity index (χ0n) is 16.2. The van der Waals surface area contributed by atoms with Crippen molar-refractivity contribution in [1.29, 1.82) is 0 Å². The van der Waals surface area contributed by atoms with Gasteiger partial charge in [0.1, 0.15) is 5.00 Å². The Bertz CT molecular complexity index is 831. The van der Waals surface area contributed by atoms with Crippen molar-refractivity contribution in [2.75, 3.05) is 24.4 Å². The first-order valence-corrected chi connectivity index (χ1v) is 10.3. The van der Waals surface area contributed by atoms with E-state index in [1.165, 1.54) is 18.4 Å². The Morgan fingerprint density at radius 3 is 2.43 bits per heavy atom. The number of nitrogens with one attached hydrogen (secondary N) is 2. The molecule has 0 bridgehead atoms. The number of hydrogen-bond donors (Lipinski definition) is 2. The Morgan fingerprint density at radius 1 is 1.11 bits per heavy atom. The van der Waals surface area contributed by atoms with Gasteiger partial charge in [-0.1, -0.05) is 20.3 Å². The number of unbranched alkanes of at least 4 members (excludes halogenated alkanes) is 1. The highest BCUT2D eigenvalue weighted by Crippen LogP contribution is 2.29. The van der Waals surface area contributed by atoms with Gasteiger partial charge in [-0.05, 0) is 55.4 Å². The first kappa shape index (κ1) is 21.8. The number of benzene rings is 1. The third-order valence-corrected chi connectivity index (χ3v) is 5.27. The van der Waals surface area contributed by atoms with Crippen LogP contribution in [0.3, 0.4) is 0 Å². The fourth-order valence-electron chi connectivity index (χ4n) is 2.32. The van der Waals surface area contributed by atoms with Crippen LogP contribution in [0.5, 0.6) is 0 Å². The third kappa shape index (κ3) is 6.03. The van der Waals surface area contributed by atoms with Crippen LogP contribution in [-0.4, -0.2) is 30.8 Å². The number of hydrogen-bond acceptors (Lipinski definition) is 6. The molecule has 0 amide bonds. The number of thiophene rings is 1. The molecule has 0 fully saturated rings. The Labute approximate surface area is 174 Å². The molecule has 150 valence electrons. The highest BCUT2D eigenvalue weighted by Gasteiger charge is 2.17. The zero-order valence-corrected chi connectivity index (χ0v) is 17.8. The van der Waals surface area contributed by atoms with Gasteiger partial charge in [0.05, 0.1) is 24.8 Å². The largest absolute Gasteiger partial charge is 0.465 e. The number of anilines is 2. The third-order valence-electron chi connectivity index (χ3n) is 3.87. The second-order valence-electron chi connectivity index (χ2n) is 5.95. The monoisotopic (exact) mass is 420 g/mol. The molecule has 0 aliphatic rings. The number of rotatable bonds is 8. The van der Waals surface area contributed by atoms with Gasteiger partial charge >= 0.3 is 11.9 Å². The number of carbonyl (C=O) groups is 2. The van der Waals surface area contributed by atoms with Crippen molar-refractivity contribution in [3.63, 3.8) is 0 Å². The minimum Gasteiger partial charge on any atom is -0.465 e. The van der Waals surface area contributed by atoms with Gasteiger partial charge < -0.3 is 20.1 Å². The van der Waals surface area contributed by atoms with Crippen molar-refractivity contribution in [2.45, 2.75) is 33.1 Å². The van der Waals surface area contributed by atoms with E-state index in [1.54, 1.807) is 30.3 Å². The second kappa shape index (κ2) is 10.8. The number of aryl methyl sites for hydroxylation is 1. The summed E-state index contributed by atoms with van der Waals surface area (Å²) in [5.41, 5.74) is 1.66. The Morgan fingerprint density at radius 2 is 1.82 bits per heavy atom. The molecule has 1 aromatic heterocycles. The smallest absolute Gasteiger partial charge is 0.340 e. The average molecular weight is 421 g/mol. The summed E-state index contributed by atoms with van der Waals surface area (Å²) >= 11 is 6.80. The predicted octanol–water partition coefficient (Wildman–Crippen LogP) is 4.86. The molecular weight excluding hydrogens is 396 g/mol.